The Labute approximate surface area is 79.8 Å². The van der Waals surface area contributed by atoms with Gasteiger partial charge < -0.3 is 20.6 Å². The van der Waals surface area contributed by atoms with Gasteiger partial charge in [-0.1, -0.05) is 0 Å². The predicted octanol–water partition coefficient (Wildman–Crippen LogP) is -1.97. The maximum Gasteiger partial charge on any atom is 2.00 e. The van der Waals surface area contributed by atoms with Gasteiger partial charge in [0.25, 0.3) is 0 Å². The number of H-pyrrole nitrogens is 1. The number of hydrogen-bond acceptors (Lipinski definition) is 4. The molecule has 0 saturated carbocycles. The summed E-state index contributed by atoms with van der Waals surface area (Å²) in [7, 11) is 0. The molecule has 1 radical (unpaired) electrons. The molecular weight excluding hydrogens is 210 g/mol. The van der Waals surface area contributed by atoms with Crippen molar-refractivity contribution in [3.8, 4) is 0 Å². The molecule has 12 heavy (non-hydrogen) atoms. The second-order valence-corrected chi connectivity index (χ2v) is 2.21. The molecule has 0 fully saturated rings. The molecular formula is C6H8CuN3O2+. The molecule has 0 aliphatic heterocycles. The molecule has 0 bridgehead atoms. The van der Waals surface area contributed by atoms with Crippen molar-refractivity contribution in [3.63, 3.8) is 0 Å². The van der Waals surface area contributed by atoms with E-state index in [9.17, 15) is 9.90 Å². The van der Waals surface area contributed by atoms with Gasteiger partial charge in [0.15, 0.2) is 0 Å². The van der Waals surface area contributed by atoms with Crippen molar-refractivity contribution in [3.05, 3.63) is 18.2 Å². The van der Waals surface area contributed by atoms with Crippen LogP contribution in [0, 0.1) is 0 Å². The maximum atomic E-state index is 10.2. The molecule has 0 spiro atoms. The van der Waals surface area contributed by atoms with Crippen molar-refractivity contribution in [2.45, 2.75) is 12.5 Å². The van der Waals surface area contributed by atoms with Crippen LogP contribution in [0.5, 0.6) is 0 Å². The largest absolute Gasteiger partial charge is 2.00 e. The van der Waals surface area contributed by atoms with Gasteiger partial charge in [0.2, 0.25) is 0 Å². The second kappa shape index (κ2) is 4.92. The molecule has 1 heterocycles. The van der Waals surface area contributed by atoms with E-state index in [-0.39, 0.29) is 23.5 Å². The fourth-order valence-electron chi connectivity index (χ4n) is 0.717. The van der Waals surface area contributed by atoms with E-state index in [2.05, 4.69) is 9.97 Å². The minimum absolute atomic E-state index is 0. The van der Waals surface area contributed by atoms with Crippen LogP contribution in [-0.2, 0) is 28.3 Å². The molecule has 0 saturated heterocycles. The van der Waals surface area contributed by atoms with E-state index in [0.29, 0.717) is 5.69 Å². The van der Waals surface area contributed by atoms with E-state index in [4.69, 9.17) is 5.73 Å². The second-order valence-electron chi connectivity index (χ2n) is 2.21. The summed E-state index contributed by atoms with van der Waals surface area (Å²) >= 11 is 0. The Balaban J connectivity index is 0.00000121. The number of rotatable bonds is 3. The van der Waals surface area contributed by atoms with Gasteiger partial charge >= 0.3 is 17.1 Å². The first-order chi connectivity index (χ1) is 5.20. The predicted molar refractivity (Wildman–Crippen MR) is 35.3 cm³/mol. The SMILES string of the molecule is N[C@@H](Cc1cnc[nH]1)C(=O)[O-].[Cu+2]. The third kappa shape index (κ3) is 3.04. The average molecular weight is 218 g/mol. The van der Waals surface area contributed by atoms with Gasteiger partial charge in [0.05, 0.1) is 12.3 Å². The standard InChI is InChI=1S/C6H9N3O2.Cu/c7-5(6(10)11)1-4-2-8-3-9-4;/h2-3,5H,1,7H2,(H,8,9)(H,10,11);/q;+2/p-1/t5-;/m0./s1. The Morgan fingerprint density at radius 1 is 1.83 bits per heavy atom. The molecule has 0 aliphatic rings. The van der Waals surface area contributed by atoms with Gasteiger partial charge in [-0.3, -0.25) is 0 Å². The van der Waals surface area contributed by atoms with Crippen LogP contribution in [0.2, 0.25) is 0 Å². The first kappa shape index (κ1) is 11.2. The quantitative estimate of drug-likeness (QED) is 0.574. The van der Waals surface area contributed by atoms with Crippen LogP contribution in [0.25, 0.3) is 0 Å². The zero-order valence-electron chi connectivity index (χ0n) is 6.08. The smallest absolute Gasteiger partial charge is 0.548 e. The van der Waals surface area contributed by atoms with Crippen molar-refractivity contribution in [2.75, 3.05) is 0 Å². The number of carboxylic acids is 1. The molecule has 1 aromatic heterocycles. The fourth-order valence-corrected chi connectivity index (χ4v) is 0.717. The van der Waals surface area contributed by atoms with Crippen LogP contribution < -0.4 is 10.8 Å². The van der Waals surface area contributed by atoms with Crippen molar-refractivity contribution < 1.29 is 27.0 Å². The molecule has 0 unspecified atom stereocenters. The van der Waals surface area contributed by atoms with E-state index in [1.165, 1.54) is 12.5 Å². The van der Waals surface area contributed by atoms with Gasteiger partial charge in [0.1, 0.15) is 0 Å². The van der Waals surface area contributed by atoms with Crippen molar-refractivity contribution in [2.24, 2.45) is 5.73 Å². The first-order valence-electron chi connectivity index (χ1n) is 3.14. The number of carbonyl (C=O) groups is 1. The molecule has 0 amide bonds. The Morgan fingerprint density at radius 3 is 2.92 bits per heavy atom. The van der Waals surface area contributed by atoms with Crippen LogP contribution in [0.3, 0.4) is 0 Å². The van der Waals surface area contributed by atoms with Crippen LogP contribution in [0.4, 0.5) is 0 Å². The van der Waals surface area contributed by atoms with Gasteiger partial charge in [-0.2, -0.15) is 0 Å². The number of carboxylic acid groups (broad SMARTS) is 1. The van der Waals surface area contributed by atoms with Gasteiger partial charge in [-0.15, -0.1) is 0 Å². The van der Waals surface area contributed by atoms with Crippen molar-refractivity contribution in [1.29, 1.82) is 0 Å². The number of nitrogens with one attached hydrogen (secondary N) is 1. The number of nitrogens with zero attached hydrogens (tertiary/aromatic N) is 1. The van der Waals surface area contributed by atoms with Crippen LogP contribution in [0.1, 0.15) is 5.69 Å². The average Bonchev–Trinajstić information content (AvgIpc) is 2.39. The zero-order valence-corrected chi connectivity index (χ0v) is 7.02. The number of carbonyl (C=O) groups excluding carboxylic acids is 1. The monoisotopic (exact) mass is 217 g/mol. The normalized spacial score (nSPS) is 11.8. The summed E-state index contributed by atoms with van der Waals surface area (Å²) < 4.78 is 0. The maximum absolute atomic E-state index is 10.2. The van der Waals surface area contributed by atoms with Gasteiger partial charge in [-0.05, 0) is 0 Å². The fraction of sp³-hybridized carbons (Fsp3) is 0.333. The molecule has 3 N–H and O–H groups in total. The summed E-state index contributed by atoms with van der Waals surface area (Å²) in [5.74, 6) is -1.25. The van der Waals surface area contributed by atoms with Gasteiger partial charge in [-0.25, -0.2) is 4.98 Å². The summed E-state index contributed by atoms with van der Waals surface area (Å²) in [4.78, 5) is 16.6. The summed E-state index contributed by atoms with van der Waals surface area (Å²) in [6.45, 7) is 0. The van der Waals surface area contributed by atoms with E-state index >= 15 is 0 Å². The Bertz CT molecular complexity index is 237. The van der Waals surface area contributed by atoms with Crippen molar-refractivity contribution >= 4 is 5.97 Å². The van der Waals surface area contributed by atoms with Crippen LogP contribution in [0.15, 0.2) is 12.5 Å². The number of aromatic amines is 1. The number of aliphatic carboxylic acids is 1. The number of hydrogen-bond donors (Lipinski definition) is 2. The van der Waals surface area contributed by atoms with Crippen LogP contribution in [-0.4, -0.2) is 22.0 Å². The minimum atomic E-state index is -1.25. The Hall–Kier alpha value is -0.841. The third-order valence-electron chi connectivity index (χ3n) is 1.30. The van der Waals surface area contributed by atoms with E-state index in [0.717, 1.165) is 0 Å². The first-order valence-corrected chi connectivity index (χ1v) is 3.14. The third-order valence-corrected chi connectivity index (χ3v) is 1.30. The zero-order chi connectivity index (χ0) is 8.27. The topological polar surface area (TPSA) is 94.8 Å². The molecule has 6 heteroatoms. The summed E-state index contributed by atoms with van der Waals surface area (Å²) in [5.41, 5.74) is 5.89. The summed E-state index contributed by atoms with van der Waals surface area (Å²) in [6, 6.07) is -0.963. The molecule has 1 aromatic rings. The molecule has 69 valence electrons. The summed E-state index contributed by atoms with van der Waals surface area (Å²) in [5, 5.41) is 10.2. The molecule has 5 nitrogen and oxygen atoms in total. The van der Waals surface area contributed by atoms with Gasteiger partial charge in [0, 0.05) is 24.4 Å². The van der Waals surface area contributed by atoms with E-state index in [1.54, 1.807) is 0 Å². The molecule has 0 aliphatic carbocycles. The number of aromatic nitrogens is 2. The van der Waals surface area contributed by atoms with Crippen molar-refractivity contribution in [1.82, 2.24) is 9.97 Å². The number of imidazole rings is 1. The summed E-state index contributed by atoms with van der Waals surface area (Å²) in [6.07, 6.45) is 3.22. The Morgan fingerprint density at radius 2 is 2.50 bits per heavy atom. The molecule has 0 aromatic carbocycles. The van der Waals surface area contributed by atoms with Crippen LogP contribution >= 0.6 is 0 Å². The minimum Gasteiger partial charge on any atom is -0.548 e. The Kier molecular flexibility index (Phi) is 4.58. The van der Waals surface area contributed by atoms with E-state index < -0.39 is 12.0 Å². The van der Waals surface area contributed by atoms with E-state index in [1.807, 2.05) is 0 Å². The number of nitrogens with two attached hydrogens (primary N) is 1. The molecule has 1 atom stereocenters. The molecule has 1 rings (SSSR count).